The van der Waals surface area contributed by atoms with Crippen molar-refractivity contribution in [3.63, 3.8) is 0 Å². The van der Waals surface area contributed by atoms with Crippen molar-refractivity contribution in [2.45, 2.75) is 6.92 Å². The molecule has 10 nitrogen and oxygen atoms in total. The summed E-state index contributed by atoms with van der Waals surface area (Å²) in [5.74, 6) is 0.886. The molecule has 182 valence electrons. The molecule has 0 bridgehead atoms. The molecule has 11 heteroatoms. The number of nitrogens with one attached hydrogen (secondary N) is 1. The highest BCUT2D eigenvalue weighted by Crippen LogP contribution is 2.36. The molecule has 1 fully saturated rings. The molecule has 1 saturated heterocycles. The Morgan fingerprint density at radius 3 is 2.69 bits per heavy atom. The topological polar surface area (TPSA) is 112 Å². The van der Waals surface area contributed by atoms with E-state index in [0.29, 0.717) is 59.8 Å². The van der Waals surface area contributed by atoms with Crippen molar-refractivity contribution >= 4 is 40.5 Å². The molecule has 0 unspecified atom stereocenters. The molecule has 0 radical (unpaired) electrons. The van der Waals surface area contributed by atoms with Crippen molar-refractivity contribution in [3.8, 4) is 23.2 Å². The van der Waals surface area contributed by atoms with Gasteiger partial charge in [0, 0.05) is 45.4 Å². The summed E-state index contributed by atoms with van der Waals surface area (Å²) in [5.41, 5.74) is 3.80. The molecule has 0 aliphatic carbocycles. The van der Waals surface area contributed by atoms with Crippen LogP contribution in [0.3, 0.4) is 0 Å². The normalized spacial score (nSPS) is 13.5. The number of amides is 1. The van der Waals surface area contributed by atoms with Crippen LogP contribution < -0.4 is 15.0 Å². The molecule has 1 N–H and O–H groups in total. The number of imidazole rings is 1. The summed E-state index contributed by atoms with van der Waals surface area (Å²) in [6.45, 7) is 4.04. The first-order valence-electron chi connectivity index (χ1n) is 11.3. The minimum Gasteiger partial charge on any atom is -0.494 e. The summed E-state index contributed by atoms with van der Waals surface area (Å²) in [5, 5.41) is 13.4. The number of nitriles is 1. The Hall–Kier alpha value is -4.36. The molecule has 0 atom stereocenters. The Bertz CT molecular complexity index is 1490. The number of aromatic nitrogens is 4. The molecular formula is C25H23ClN8O2. The minimum absolute atomic E-state index is 0.0542. The number of methoxy groups -OCH3 is 1. The van der Waals surface area contributed by atoms with Crippen LogP contribution in [0.1, 0.15) is 12.5 Å². The monoisotopic (exact) mass is 502 g/mol. The zero-order valence-corrected chi connectivity index (χ0v) is 20.5. The van der Waals surface area contributed by atoms with Gasteiger partial charge < -0.3 is 19.9 Å². The number of pyridine rings is 1. The molecule has 4 heterocycles. The molecule has 3 aromatic heterocycles. The van der Waals surface area contributed by atoms with E-state index in [0.717, 1.165) is 17.0 Å². The summed E-state index contributed by atoms with van der Waals surface area (Å²) < 4.78 is 7.53. The van der Waals surface area contributed by atoms with Gasteiger partial charge in [0.25, 0.3) is 0 Å². The fraction of sp³-hybridized carbons (Fsp3) is 0.240. The fourth-order valence-corrected chi connectivity index (χ4v) is 4.47. The van der Waals surface area contributed by atoms with E-state index in [-0.39, 0.29) is 5.91 Å². The lowest BCUT2D eigenvalue weighted by molar-refractivity contribution is -0.129. The number of fused-ring (bicyclic) bond motifs is 1. The SMILES string of the molecule is COc1cc(N2CCN(C(C)=O)CC2)c(C#N)cc1Nc1ncc(Cl)c(-c2cnc3ccccn23)n1. The minimum atomic E-state index is 0.0542. The number of piperazine rings is 1. The van der Waals surface area contributed by atoms with Crippen LogP contribution in [0.5, 0.6) is 5.75 Å². The van der Waals surface area contributed by atoms with Gasteiger partial charge in [0.05, 0.1) is 47.2 Å². The van der Waals surface area contributed by atoms with Crippen LogP contribution in [0.2, 0.25) is 5.02 Å². The largest absolute Gasteiger partial charge is 0.494 e. The first-order chi connectivity index (χ1) is 17.5. The summed E-state index contributed by atoms with van der Waals surface area (Å²) in [7, 11) is 1.57. The van der Waals surface area contributed by atoms with Gasteiger partial charge in [-0.15, -0.1) is 0 Å². The Labute approximate surface area is 212 Å². The van der Waals surface area contributed by atoms with Crippen LogP contribution in [0.25, 0.3) is 17.0 Å². The van der Waals surface area contributed by atoms with Crippen LogP contribution in [0.15, 0.2) is 48.9 Å². The van der Waals surface area contributed by atoms with Crippen molar-refractivity contribution in [2.24, 2.45) is 0 Å². The lowest BCUT2D eigenvalue weighted by Crippen LogP contribution is -2.48. The Morgan fingerprint density at radius 1 is 1.17 bits per heavy atom. The highest BCUT2D eigenvalue weighted by Gasteiger charge is 2.23. The van der Waals surface area contributed by atoms with Crippen LogP contribution in [0.4, 0.5) is 17.3 Å². The van der Waals surface area contributed by atoms with E-state index in [1.165, 1.54) is 6.20 Å². The van der Waals surface area contributed by atoms with Crippen molar-refractivity contribution < 1.29 is 9.53 Å². The third-order valence-corrected chi connectivity index (χ3v) is 6.43. The van der Waals surface area contributed by atoms with Gasteiger partial charge in [0.2, 0.25) is 11.9 Å². The molecule has 1 aromatic carbocycles. The average Bonchev–Trinajstić information content (AvgIpc) is 3.33. The maximum atomic E-state index is 11.7. The predicted octanol–water partition coefficient (Wildman–Crippen LogP) is 3.74. The molecule has 36 heavy (non-hydrogen) atoms. The van der Waals surface area contributed by atoms with Crippen molar-refractivity contribution in [1.29, 1.82) is 5.26 Å². The standard InChI is InChI=1S/C25H23ClN8O2/c1-16(35)32-7-9-33(10-8-32)20-12-22(36-2)19(11-17(20)13-27)30-25-29-14-18(26)24(31-25)21-15-28-23-5-3-4-6-34(21)23/h3-6,11-12,14-15H,7-10H2,1-2H3,(H,29,30,31). The van der Waals surface area contributed by atoms with E-state index >= 15 is 0 Å². The summed E-state index contributed by atoms with van der Waals surface area (Å²) >= 11 is 6.44. The van der Waals surface area contributed by atoms with Gasteiger partial charge >= 0.3 is 0 Å². The van der Waals surface area contributed by atoms with Crippen molar-refractivity contribution in [1.82, 2.24) is 24.3 Å². The zero-order chi connectivity index (χ0) is 25.2. The second kappa shape index (κ2) is 9.71. The molecule has 0 spiro atoms. The van der Waals surface area contributed by atoms with Gasteiger partial charge in [-0.05, 0) is 18.2 Å². The lowest BCUT2D eigenvalue weighted by Gasteiger charge is -2.36. The quantitative estimate of drug-likeness (QED) is 0.439. The maximum absolute atomic E-state index is 11.7. The molecule has 1 aliphatic heterocycles. The van der Waals surface area contributed by atoms with Gasteiger partial charge in [-0.1, -0.05) is 17.7 Å². The van der Waals surface area contributed by atoms with E-state index in [2.05, 4.69) is 31.2 Å². The average molecular weight is 503 g/mol. The number of anilines is 3. The molecule has 1 amide bonds. The zero-order valence-electron chi connectivity index (χ0n) is 19.8. The molecule has 5 rings (SSSR count). The van der Waals surface area contributed by atoms with E-state index in [9.17, 15) is 10.1 Å². The Kier molecular flexibility index (Phi) is 6.31. The first kappa shape index (κ1) is 23.4. The van der Waals surface area contributed by atoms with Gasteiger partial charge in [-0.25, -0.2) is 15.0 Å². The first-order valence-corrected chi connectivity index (χ1v) is 11.7. The number of carbonyl (C=O) groups excluding carboxylic acids is 1. The predicted molar refractivity (Wildman–Crippen MR) is 137 cm³/mol. The maximum Gasteiger partial charge on any atom is 0.227 e. The van der Waals surface area contributed by atoms with Gasteiger partial charge in [0.1, 0.15) is 23.2 Å². The van der Waals surface area contributed by atoms with Gasteiger partial charge in [0.15, 0.2) is 0 Å². The molecular weight excluding hydrogens is 480 g/mol. The summed E-state index contributed by atoms with van der Waals surface area (Å²) in [6, 6.07) is 11.5. The van der Waals surface area contributed by atoms with Gasteiger partial charge in [-0.3, -0.25) is 9.20 Å². The number of rotatable bonds is 5. The highest BCUT2D eigenvalue weighted by atomic mass is 35.5. The molecule has 0 saturated carbocycles. The Morgan fingerprint density at radius 2 is 1.97 bits per heavy atom. The van der Waals surface area contributed by atoms with Gasteiger partial charge in [-0.2, -0.15) is 5.26 Å². The fourth-order valence-electron chi connectivity index (χ4n) is 4.28. The van der Waals surface area contributed by atoms with E-state index < -0.39 is 0 Å². The third-order valence-electron chi connectivity index (χ3n) is 6.15. The second-order valence-corrected chi connectivity index (χ2v) is 8.67. The van der Waals surface area contributed by atoms with Crippen LogP contribution in [-0.4, -0.2) is 63.4 Å². The second-order valence-electron chi connectivity index (χ2n) is 8.26. The van der Waals surface area contributed by atoms with E-state index in [1.807, 2.05) is 34.9 Å². The third kappa shape index (κ3) is 4.36. The van der Waals surface area contributed by atoms with Crippen molar-refractivity contribution in [3.05, 3.63) is 59.5 Å². The number of nitrogens with zero attached hydrogens (tertiary/aromatic N) is 7. The van der Waals surface area contributed by atoms with Crippen LogP contribution >= 0.6 is 11.6 Å². The lowest BCUT2D eigenvalue weighted by atomic mass is 10.1. The number of hydrogen-bond acceptors (Lipinski definition) is 8. The van der Waals surface area contributed by atoms with Crippen LogP contribution in [-0.2, 0) is 4.79 Å². The van der Waals surface area contributed by atoms with E-state index in [1.54, 1.807) is 31.2 Å². The molecule has 4 aromatic rings. The number of carbonyl (C=O) groups is 1. The van der Waals surface area contributed by atoms with Crippen LogP contribution in [0, 0.1) is 11.3 Å². The summed E-state index contributed by atoms with van der Waals surface area (Å²) in [4.78, 5) is 28.9. The van der Waals surface area contributed by atoms with Crippen molar-refractivity contribution in [2.75, 3.05) is 43.5 Å². The summed E-state index contributed by atoms with van der Waals surface area (Å²) in [6.07, 6.45) is 5.12. The Balaban J connectivity index is 1.46. The molecule has 1 aliphatic rings. The number of hydrogen-bond donors (Lipinski definition) is 1. The number of halogens is 1. The number of benzene rings is 1. The van der Waals surface area contributed by atoms with E-state index in [4.69, 9.17) is 16.3 Å². The smallest absolute Gasteiger partial charge is 0.227 e. The number of ether oxygens (including phenoxy) is 1. The highest BCUT2D eigenvalue weighted by molar-refractivity contribution is 6.32.